The molecule has 0 amide bonds. The van der Waals surface area contributed by atoms with Crippen molar-refractivity contribution in [2.75, 3.05) is 0 Å². The van der Waals surface area contributed by atoms with Gasteiger partial charge in [-0.3, -0.25) is 0 Å². The Balaban J connectivity index is 2.59. The van der Waals surface area contributed by atoms with Crippen molar-refractivity contribution in [2.45, 2.75) is 0 Å². The first kappa shape index (κ1) is 8.97. The average molecular weight is 203 g/mol. The fourth-order valence-corrected chi connectivity index (χ4v) is 1.46. The van der Waals surface area contributed by atoms with Crippen LogP contribution in [-0.2, 0) is 0 Å². The zero-order valence-corrected chi connectivity index (χ0v) is 8.08. The topological polar surface area (TPSA) is 26.3 Å². The minimum Gasteiger partial charge on any atom is -0.414 e. The highest BCUT2D eigenvalue weighted by Crippen LogP contribution is 2.25. The summed E-state index contributed by atoms with van der Waals surface area (Å²) in [5.41, 5.74) is 0. The van der Waals surface area contributed by atoms with Crippen molar-refractivity contribution < 1.29 is 9.53 Å². The van der Waals surface area contributed by atoms with Crippen LogP contribution in [0, 0.1) is 0 Å². The average Bonchev–Trinajstić information content (AvgIpc) is 2.18. The van der Waals surface area contributed by atoms with Gasteiger partial charge in [0.05, 0.1) is 0 Å². The predicted octanol–water partition coefficient (Wildman–Crippen LogP) is 3.54. The molecule has 2 nitrogen and oxygen atoms in total. The Morgan fingerprint density at radius 1 is 1.07 bits per heavy atom. The summed E-state index contributed by atoms with van der Waals surface area (Å²) in [7, 11) is 0. The summed E-state index contributed by atoms with van der Waals surface area (Å²) in [4.78, 5) is 10.6. The highest BCUT2D eigenvalue weighted by molar-refractivity contribution is 7.96. The molecular weight excluding hydrogens is 196 g/mol. The van der Waals surface area contributed by atoms with Gasteiger partial charge in [0, 0.05) is 18.0 Å². The van der Waals surface area contributed by atoms with Gasteiger partial charge in [-0.25, -0.2) is 4.79 Å². The van der Waals surface area contributed by atoms with Crippen LogP contribution in [0.4, 0.5) is 4.79 Å². The van der Waals surface area contributed by atoms with Crippen LogP contribution < -0.4 is 4.74 Å². The molecule has 0 heterocycles. The van der Waals surface area contributed by atoms with Gasteiger partial charge in [-0.1, -0.05) is 36.4 Å². The number of ether oxygens (including phenoxy) is 1. The number of carbonyl (C=O) groups is 1. The third-order valence-corrected chi connectivity index (χ3v) is 2.03. The SMILES string of the molecule is O=C([S])Oc1cccc2ccccc12. The van der Waals surface area contributed by atoms with Gasteiger partial charge in [0.1, 0.15) is 5.75 Å². The summed E-state index contributed by atoms with van der Waals surface area (Å²) < 4.78 is 4.90. The van der Waals surface area contributed by atoms with E-state index in [1.54, 1.807) is 6.07 Å². The molecule has 0 unspecified atom stereocenters. The minimum atomic E-state index is -0.707. The van der Waals surface area contributed by atoms with Gasteiger partial charge in [0.15, 0.2) is 0 Å². The van der Waals surface area contributed by atoms with E-state index in [1.165, 1.54) is 0 Å². The molecular formula is C11H7O2S. The maximum Gasteiger partial charge on any atom is 0.405 e. The molecule has 0 aliphatic heterocycles. The molecule has 69 valence electrons. The Kier molecular flexibility index (Phi) is 2.33. The molecule has 0 aliphatic carbocycles. The second kappa shape index (κ2) is 3.64. The first-order valence-corrected chi connectivity index (χ1v) is 4.55. The molecule has 0 saturated carbocycles. The summed E-state index contributed by atoms with van der Waals surface area (Å²) in [6.45, 7) is 0. The van der Waals surface area contributed by atoms with Crippen molar-refractivity contribution in [3.8, 4) is 5.75 Å². The molecule has 14 heavy (non-hydrogen) atoms. The lowest BCUT2D eigenvalue weighted by Gasteiger charge is -2.03. The molecule has 3 heteroatoms. The van der Waals surface area contributed by atoms with Crippen LogP contribution in [-0.4, -0.2) is 5.30 Å². The molecule has 0 fully saturated rings. The van der Waals surface area contributed by atoms with E-state index < -0.39 is 5.30 Å². The van der Waals surface area contributed by atoms with Crippen molar-refractivity contribution in [1.82, 2.24) is 0 Å². The first-order valence-electron chi connectivity index (χ1n) is 4.14. The molecule has 0 N–H and O–H groups in total. The molecule has 2 aromatic rings. The van der Waals surface area contributed by atoms with Crippen LogP contribution in [0.1, 0.15) is 0 Å². The number of fused-ring (bicyclic) bond motifs is 1. The second-order valence-electron chi connectivity index (χ2n) is 2.83. The van der Waals surface area contributed by atoms with Gasteiger partial charge in [0.25, 0.3) is 0 Å². The number of carbonyl (C=O) groups excluding carboxylic acids is 1. The normalized spacial score (nSPS) is 10.0. The van der Waals surface area contributed by atoms with Crippen LogP contribution >= 0.6 is 12.6 Å². The minimum absolute atomic E-state index is 0.517. The second-order valence-corrected chi connectivity index (χ2v) is 3.16. The van der Waals surface area contributed by atoms with Gasteiger partial charge < -0.3 is 4.74 Å². The molecule has 1 radical (unpaired) electrons. The largest absolute Gasteiger partial charge is 0.414 e. The van der Waals surface area contributed by atoms with Gasteiger partial charge in [-0.05, 0) is 11.5 Å². The Hall–Kier alpha value is -1.61. The van der Waals surface area contributed by atoms with Crippen LogP contribution in [0.15, 0.2) is 42.5 Å². The van der Waals surface area contributed by atoms with E-state index in [2.05, 4.69) is 12.6 Å². The van der Waals surface area contributed by atoms with Gasteiger partial charge in [0.2, 0.25) is 0 Å². The predicted molar refractivity (Wildman–Crippen MR) is 57.6 cm³/mol. The standard InChI is InChI=1S/C11H7O2S/c12-11(14)13-10-7-3-5-8-4-1-2-6-9(8)10/h1-7H. The van der Waals surface area contributed by atoms with Crippen LogP contribution in [0.5, 0.6) is 5.75 Å². The van der Waals surface area contributed by atoms with E-state index in [4.69, 9.17) is 4.74 Å². The van der Waals surface area contributed by atoms with Crippen molar-refractivity contribution in [2.24, 2.45) is 0 Å². The van der Waals surface area contributed by atoms with Crippen LogP contribution in [0.25, 0.3) is 10.8 Å². The number of hydrogen-bond donors (Lipinski definition) is 0. The Labute approximate surface area is 86.9 Å². The quantitative estimate of drug-likeness (QED) is 0.662. The monoisotopic (exact) mass is 203 g/mol. The number of hydrogen-bond acceptors (Lipinski definition) is 2. The lowest BCUT2D eigenvalue weighted by Crippen LogP contribution is -1.96. The van der Waals surface area contributed by atoms with Gasteiger partial charge in [-0.2, -0.15) is 0 Å². The lowest BCUT2D eigenvalue weighted by atomic mass is 10.1. The molecule has 0 atom stereocenters. The number of rotatable bonds is 1. The van der Waals surface area contributed by atoms with E-state index in [0.717, 1.165) is 10.8 Å². The highest BCUT2D eigenvalue weighted by atomic mass is 32.1. The fraction of sp³-hybridized carbons (Fsp3) is 0. The smallest absolute Gasteiger partial charge is 0.405 e. The Morgan fingerprint density at radius 3 is 2.57 bits per heavy atom. The molecule has 2 rings (SSSR count). The molecule has 0 spiro atoms. The maximum absolute atomic E-state index is 10.6. The van der Waals surface area contributed by atoms with E-state index in [-0.39, 0.29) is 0 Å². The third kappa shape index (κ3) is 1.67. The molecule has 0 bridgehead atoms. The van der Waals surface area contributed by atoms with E-state index >= 15 is 0 Å². The lowest BCUT2D eigenvalue weighted by molar-refractivity contribution is 0.228. The zero-order valence-electron chi connectivity index (χ0n) is 7.27. The molecule has 0 aromatic heterocycles. The highest BCUT2D eigenvalue weighted by Gasteiger charge is 2.03. The Bertz CT molecular complexity index is 474. The Morgan fingerprint density at radius 2 is 1.79 bits per heavy atom. The first-order chi connectivity index (χ1) is 6.77. The van der Waals surface area contributed by atoms with E-state index in [9.17, 15) is 4.79 Å². The maximum atomic E-state index is 10.6. The van der Waals surface area contributed by atoms with Crippen molar-refractivity contribution in [1.29, 1.82) is 0 Å². The van der Waals surface area contributed by atoms with Crippen molar-refractivity contribution in [3.05, 3.63) is 42.5 Å². The number of benzene rings is 2. The van der Waals surface area contributed by atoms with Gasteiger partial charge >= 0.3 is 5.30 Å². The van der Waals surface area contributed by atoms with Crippen molar-refractivity contribution in [3.63, 3.8) is 0 Å². The summed E-state index contributed by atoms with van der Waals surface area (Å²) >= 11 is 4.36. The van der Waals surface area contributed by atoms with Gasteiger partial charge in [-0.15, -0.1) is 0 Å². The van der Waals surface area contributed by atoms with Crippen LogP contribution in [0.2, 0.25) is 0 Å². The van der Waals surface area contributed by atoms with E-state index in [0.29, 0.717) is 5.75 Å². The van der Waals surface area contributed by atoms with Crippen molar-refractivity contribution >= 4 is 28.7 Å². The fourth-order valence-electron chi connectivity index (χ4n) is 1.37. The molecule has 0 saturated heterocycles. The summed E-state index contributed by atoms with van der Waals surface area (Å²) in [5.74, 6) is 0.517. The zero-order chi connectivity index (χ0) is 9.97. The summed E-state index contributed by atoms with van der Waals surface area (Å²) in [6.07, 6.45) is 0. The summed E-state index contributed by atoms with van der Waals surface area (Å²) in [6, 6.07) is 13.2. The van der Waals surface area contributed by atoms with E-state index in [1.807, 2.05) is 36.4 Å². The molecule has 2 aromatic carbocycles. The third-order valence-electron chi connectivity index (χ3n) is 1.94. The molecule has 0 aliphatic rings. The summed E-state index contributed by atoms with van der Waals surface area (Å²) in [5, 5.41) is 1.22. The van der Waals surface area contributed by atoms with Crippen LogP contribution in [0.3, 0.4) is 0 Å².